The average Bonchev–Trinajstić information content (AvgIpc) is 3.18. The van der Waals surface area contributed by atoms with Crippen molar-refractivity contribution in [1.82, 2.24) is 19.8 Å². The number of aromatic nitrogens is 2. The number of hydrogen-bond acceptors (Lipinski definition) is 5. The summed E-state index contributed by atoms with van der Waals surface area (Å²) in [5.74, 6) is -0.442. The molecule has 2 aliphatic rings. The van der Waals surface area contributed by atoms with Gasteiger partial charge in [0.2, 0.25) is 0 Å². The van der Waals surface area contributed by atoms with Crippen LogP contribution in [0.25, 0.3) is 0 Å². The van der Waals surface area contributed by atoms with E-state index in [2.05, 4.69) is 14.9 Å². The Labute approximate surface area is 186 Å². The lowest BCUT2D eigenvalue weighted by Gasteiger charge is -2.42. The molecule has 3 aromatic rings. The average molecular weight is 432 g/mol. The number of ether oxygens (including phenoxy) is 1. The SMILES string of the molecule is O=C1N(Cc2ccncc2)CCO[C@@]12CN(Cc1ccccc1F)C[C@H]2c1cccnc1. The van der Waals surface area contributed by atoms with Crippen LogP contribution in [0.5, 0.6) is 0 Å². The van der Waals surface area contributed by atoms with Crippen molar-refractivity contribution in [1.29, 1.82) is 0 Å². The molecule has 4 heterocycles. The maximum absolute atomic E-state index is 14.3. The van der Waals surface area contributed by atoms with E-state index in [0.29, 0.717) is 44.9 Å². The van der Waals surface area contributed by atoms with Crippen LogP contribution in [0.4, 0.5) is 4.39 Å². The van der Waals surface area contributed by atoms with E-state index < -0.39 is 5.60 Å². The molecule has 2 fully saturated rings. The number of carbonyl (C=O) groups excluding carboxylic acids is 1. The van der Waals surface area contributed by atoms with Crippen molar-refractivity contribution in [2.75, 3.05) is 26.2 Å². The van der Waals surface area contributed by atoms with Crippen LogP contribution in [-0.4, -0.2) is 57.5 Å². The largest absolute Gasteiger partial charge is 0.361 e. The Morgan fingerprint density at radius 2 is 1.88 bits per heavy atom. The molecule has 0 unspecified atom stereocenters. The van der Waals surface area contributed by atoms with Crippen LogP contribution in [0.15, 0.2) is 73.3 Å². The molecule has 0 saturated carbocycles. The molecule has 5 rings (SSSR count). The number of morpholine rings is 1. The Morgan fingerprint density at radius 3 is 2.66 bits per heavy atom. The number of halogens is 1. The number of likely N-dealkylation sites (tertiary alicyclic amines) is 1. The van der Waals surface area contributed by atoms with Gasteiger partial charge in [0.05, 0.1) is 6.61 Å². The Balaban J connectivity index is 1.45. The first-order chi connectivity index (χ1) is 15.7. The number of benzene rings is 1. The van der Waals surface area contributed by atoms with Crippen LogP contribution in [-0.2, 0) is 22.6 Å². The van der Waals surface area contributed by atoms with Gasteiger partial charge in [0, 0.05) is 69.0 Å². The normalized spacial score (nSPS) is 23.7. The maximum atomic E-state index is 14.3. The van der Waals surface area contributed by atoms with E-state index in [9.17, 15) is 9.18 Å². The van der Waals surface area contributed by atoms with E-state index in [4.69, 9.17) is 4.74 Å². The fourth-order valence-electron chi connectivity index (χ4n) is 4.85. The predicted molar refractivity (Wildman–Crippen MR) is 117 cm³/mol. The summed E-state index contributed by atoms with van der Waals surface area (Å²) in [5.41, 5.74) is 1.60. The minimum atomic E-state index is -1.01. The predicted octanol–water partition coefficient (Wildman–Crippen LogP) is 3.01. The zero-order valence-electron chi connectivity index (χ0n) is 17.7. The highest BCUT2D eigenvalue weighted by Gasteiger charge is 2.57. The van der Waals surface area contributed by atoms with Crippen molar-refractivity contribution in [3.8, 4) is 0 Å². The fraction of sp³-hybridized carbons (Fsp3) is 0.320. The lowest BCUT2D eigenvalue weighted by atomic mass is 9.83. The minimum Gasteiger partial charge on any atom is -0.361 e. The van der Waals surface area contributed by atoms with Gasteiger partial charge in [0.1, 0.15) is 5.82 Å². The van der Waals surface area contributed by atoms with Gasteiger partial charge in [-0.15, -0.1) is 0 Å². The molecule has 6 nitrogen and oxygen atoms in total. The van der Waals surface area contributed by atoms with Gasteiger partial charge in [-0.1, -0.05) is 24.3 Å². The lowest BCUT2D eigenvalue weighted by molar-refractivity contribution is -0.173. The van der Waals surface area contributed by atoms with Gasteiger partial charge < -0.3 is 9.64 Å². The Bertz CT molecular complexity index is 1080. The van der Waals surface area contributed by atoms with Crippen molar-refractivity contribution in [2.45, 2.75) is 24.6 Å². The molecule has 2 aromatic heterocycles. The number of rotatable bonds is 5. The standard InChI is InChI=1S/C25H25FN4O2/c26-23-6-2-1-4-21(23)16-29-17-22(20-5-3-9-28-14-20)25(18-29)24(31)30(12-13-32-25)15-19-7-10-27-11-8-19/h1-11,14,22H,12-13,15-18H2/t22-,25+/m0/s1. The van der Waals surface area contributed by atoms with E-state index in [0.717, 1.165) is 11.1 Å². The number of amides is 1. The molecule has 2 aliphatic heterocycles. The van der Waals surface area contributed by atoms with Crippen LogP contribution in [0, 0.1) is 5.82 Å². The van der Waals surface area contributed by atoms with Crippen LogP contribution < -0.4 is 0 Å². The van der Waals surface area contributed by atoms with E-state index >= 15 is 0 Å². The second-order valence-corrected chi connectivity index (χ2v) is 8.42. The zero-order valence-corrected chi connectivity index (χ0v) is 17.7. The summed E-state index contributed by atoms with van der Waals surface area (Å²) >= 11 is 0. The molecule has 1 amide bonds. The Morgan fingerprint density at radius 1 is 1.03 bits per heavy atom. The Kier molecular flexibility index (Phi) is 5.68. The summed E-state index contributed by atoms with van der Waals surface area (Å²) < 4.78 is 20.6. The number of pyridine rings is 2. The molecule has 7 heteroatoms. The maximum Gasteiger partial charge on any atom is 0.257 e. The second kappa shape index (κ2) is 8.76. The third-order valence-electron chi connectivity index (χ3n) is 6.39. The number of nitrogens with zero attached hydrogens (tertiary/aromatic N) is 4. The zero-order chi connectivity index (χ0) is 22.0. The Hall–Kier alpha value is -3.16. The third kappa shape index (κ3) is 3.89. The topological polar surface area (TPSA) is 58.6 Å². The fourth-order valence-corrected chi connectivity index (χ4v) is 4.85. The molecule has 164 valence electrons. The van der Waals surface area contributed by atoms with Gasteiger partial charge in [0.25, 0.3) is 5.91 Å². The van der Waals surface area contributed by atoms with Gasteiger partial charge >= 0.3 is 0 Å². The molecule has 0 N–H and O–H groups in total. The van der Waals surface area contributed by atoms with E-state index in [1.807, 2.05) is 35.2 Å². The summed E-state index contributed by atoms with van der Waals surface area (Å²) in [6.07, 6.45) is 7.00. The van der Waals surface area contributed by atoms with Gasteiger partial charge in [0.15, 0.2) is 5.60 Å². The summed E-state index contributed by atoms with van der Waals surface area (Å²) in [6, 6.07) is 14.5. The van der Waals surface area contributed by atoms with Crippen LogP contribution in [0.2, 0.25) is 0 Å². The van der Waals surface area contributed by atoms with Crippen molar-refractivity contribution in [2.24, 2.45) is 0 Å². The third-order valence-corrected chi connectivity index (χ3v) is 6.39. The van der Waals surface area contributed by atoms with Crippen LogP contribution in [0.3, 0.4) is 0 Å². The highest BCUT2D eigenvalue weighted by Crippen LogP contribution is 2.42. The highest BCUT2D eigenvalue weighted by molar-refractivity contribution is 5.88. The molecular formula is C25H25FN4O2. The summed E-state index contributed by atoms with van der Waals surface area (Å²) in [6.45, 7) is 2.93. The first-order valence-electron chi connectivity index (χ1n) is 10.8. The van der Waals surface area contributed by atoms with E-state index in [1.165, 1.54) is 6.07 Å². The highest BCUT2D eigenvalue weighted by atomic mass is 19.1. The quantitative estimate of drug-likeness (QED) is 0.620. The molecule has 0 aliphatic carbocycles. The first-order valence-corrected chi connectivity index (χ1v) is 10.8. The molecule has 1 spiro atoms. The summed E-state index contributed by atoms with van der Waals surface area (Å²) in [4.78, 5) is 26.2. The molecule has 0 radical (unpaired) electrons. The van der Waals surface area contributed by atoms with Gasteiger partial charge in [-0.2, -0.15) is 0 Å². The van der Waals surface area contributed by atoms with Gasteiger partial charge in [-0.25, -0.2) is 4.39 Å². The van der Waals surface area contributed by atoms with Crippen LogP contribution in [0.1, 0.15) is 22.6 Å². The second-order valence-electron chi connectivity index (χ2n) is 8.42. The molecule has 32 heavy (non-hydrogen) atoms. The van der Waals surface area contributed by atoms with Crippen molar-refractivity contribution < 1.29 is 13.9 Å². The molecule has 1 aromatic carbocycles. The van der Waals surface area contributed by atoms with Gasteiger partial charge in [-0.05, 0) is 35.4 Å². The van der Waals surface area contributed by atoms with Crippen molar-refractivity contribution in [3.63, 3.8) is 0 Å². The van der Waals surface area contributed by atoms with Crippen molar-refractivity contribution >= 4 is 5.91 Å². The molecular weight excluding hydrogens is 407 g/mol. The number of carbonyl (C=O) groups is 1. The number of hydrogen-bond donors (Lipinski definition) is 0. The smallest absolute Gasteiger partial charge is 0.257 e. The summed E-state index contributed by atoms with van der Waals surface area (Å²) in [7, 11) is 0. The van der Waals surface area contributed by atoms with Crippen LogP contribution >= 0.6 is 0 Å². The monoisotopic (exact) mass is 432 g/mol. The minimum absolute atomic E-state index is 0.0227. The summed E-state index contributed by atoms with van der Waals surface area (Å²) in [5, 5.41) is 0. The first kappa shape index (κ1) is 20.7. The molecule has 2 saturated heterocycles. The van der Waals surface area contributed by atoms with Crippen molar-refractivity contribution in [3.05, 3.63) is 95.8 Å². The van der Waals surface area contributed by atoms with E-state index in [-0.39, 0.29) is 17.6 Å². The molecule has 0 bridgehead atoms. The van der Waals surface area contributed by atoms with E-state index in [1.54, 1.807) is 36.9 Å². The molecule has 2 atom stereocenters. The van der Waals surface area contributed by atoms with Gasteiger partial charge in [-0.3, -0.25) is 19.7 Å². The lowest BCUT2D eigenvalue weighted by Crippen LogP contribution is -2.59.